The number of carbonyl (C=O) groups excluding carboxylic acids is 1. The van der Waals surface area contributed by atoms with Crippen LogP contribution in [0.5, 0.6) is 0 Å². The Hall–Kier alpha value is -0.920. The van der Waals surface area contributed by atoms with Crippen LogP contribution in [0.4, 0.5) is 0 Å². The molecule has 0 spiro atoms. The minimum Gasteiger partial charge on any atom is -0.479 e. The van der Waals surface area contributed by atoms with Crippen LogP contribution in [0.15, 0.2) is 9.85 Å². The number of aliphatic carboxylic acids is 1. The minimum atomic E-state index is -1.81. The van der Waals surface area contributed by atoms with Gasteiger partial charge in [-0.1, -0.05) is 0 Å². The van der Waals surface area contributed by atoms with Gasteiger partial charge in [0.2, 0.25) is 5.60 Å². The van der Waals surface area contributed by atoms with Crippen LogP contribution >= 0.6 is 27.3 Å². The van der Waals surface area contributed by atoms with Crippen LogP contribution < -0.4 is 0 Å². The molecule has 0 saturated heterocycles. The van der Waals surface area contributed by atoms with Gasteiger partial charge in [0.25, 0.3) is 5.91 Å². The lowest BCUT2D eigenvalue weighted by atomic mass is 10.0. The fourth-order valence-corrected chi connectivity index (χ4v) is 3.78. The van der Waals surface area contributed by atoms with Gasteiger partial charge in [-0.25, -0.2) is 4.79 Å². The molecule has 1 aromatic heterocycles. The van der Waals surface area contributed by atoms with Gasteiger partial charge in [-0.3, -0.25) is 4.79 Å². The summed E-state index contributed by atoms with van der Waals surface area (Å²) in [4.78, 5) is 26.3. The van der Waals surface area contributed by atoms with E-state index in [9.17, 15) is 9.59 Å². The first-order chi connectivity index (χ1) is 8.88. The molecule has 0 radical (unpaired) electrons. The summed E-state index contributed by atoms with van der Waals surface area (Å²) in [6.45, 7) is 2.24. The van der Waals surface area contributed by atoms with Crippen molar-refractivity contribution in [1.82, 2.24) is 4.90 Å². The number of carboxylic acids is 1. The van der Waals surface area contributed by atoms with Gasteiger partial charge in [-0.15, -0.1) is 11.3 Å². The quantitative estimate of drug-likeness (QED) is 0.847. The number of fused-ring (bicyclic) bond motifs is 1. The van der Waals surface area contributed by atoms with E-state index in [2.05, 4.69) is 15.9 Å². The Morgan fingerprint density at radius 1 is 1.58 bits per heavy atom. The zero-order valence-corrected chi connectivity index (χ0v) is 13.0. The zero-order chi connectivity index (χ0) is 14.2. The highest BCUT2D eigenvalue weighted by atomic mass is 79.9. The highest BCUT2D eigenvalue weighted by Gasteiger charge is 2.45. The molecular formula is C12H14BrNO4S. The molecular weight excluding hydrogens is 334 g/mol. The van der Waals surface area contributed by atoms with Crippen molar-refractivity contribution in [2.45, 2.75) is 25.5 Å². The molecule has 19 heavy (non-hydrogen) atoms. The Labute approximate surface area is 123 Å². The largest absolute Gasteiger partial charge is 0.479 e. The zero-order valence-electron chi connectivity index (χ0n) is 10.6. The minimum absolute atomic E-state index is 0.433. The number of ether oxygens (including phenoxy) is 1. The number of nitrogens with zero attached hydrogens (tertiary/aromatic N) is 1. The van der Waals surface area contributed by atoms with Crippen molar-refractivity contribution in [3.8, 4) is 0 Å². The molecule has 0 aromatic carbocycles. The Bertz CT molecular complexity index is 530. The standard InChI is InChI=1S/C12H14BrNO4S/c1-12(18-2,11(16)17)10(15)14-4-3-8-7(6-14)5-9(13)19-8/h5H,3-4,6H2,1-2H3,(H,16,17). The van der Waals surface area contributed by atoms with Gasteiger partial charge in [0.15, 0.2) is 0 Å². The molecule has 0 bridgehead atoms. The lowest BCUT2D eigenvalue weighted by Crippen LogP contribution is -2.54. The molecule has 1 amide bonds. The van der Waals surface area contributed by atoms with E-state index >= 15 is 0 Å². The van der Waals surface area contributed by atoms with Crippen molar-refractivity contribution >= 4 is 39.1 Å². The second-order valence-corrected chi connectivity index (χ2v) is 7.03. The van der Waals surface area contributed by atoms with Crippen LogP contribution in [0, 0.1) is 0 Å². The van der Waals surface area contributed by atoms with Gasteiger partial charge in [-0.05, 0) is 40.9 Å². The van der Waals surface area contributed by atoms with E-state index in [1.165, 1.54) is 18.9 Å². The van der Waals surface area contributed by atoms with Gasteiger partial charge < -0.3 is 14.7 Å². The van der Waals surface area contributed by atoms with Crippen LogP contribution in [-0.4, -0.2) is 41.1 Å². The van der Waals surface area contributed by atoms with E-state index < -0.39 is 17.5 Å². The van der Waals surface area contributed by atoms with Gasteiger partial charge in [0.1, 0.15) is 0 Å². The number of carboxylic acid groups (broad SMARTS) is 1. The number of thiophene rings is 1. The first-order valence-electron chi connectivity index (χ1n) is 5.73. The van der Waals surface area contributed by atoms with Crippen LogP contribution in [0.1, 0.15) is 17.4 Å². The van der Waals surface area contributed by atoms with Gasteiger partial charge in [-0.2, -0.15) is 0 Å². The van der Waals surface area contributed by atoms with E-state index in [0.29, 0.717) is 13.1 Å². The molecule has 1 unspecified atom stereocenters. The molecule has 1 aromatic rings. The van der Waals surface area contributed by atoms with E-state index in [1.807, 2.05) is 6.07 Å². The molecule has 0 aliphatic carbocycles. The average Bonchev–Trinajstić information content (AvgIpc) is 2.75. The third kappa shape index (κ3) is 2.54. The number of carbonyl (C=O) groups is 2. The average molecular weight is 348 g/mol. The predicted molar refractivity (Wildman–Crippen MR) is 74.2 cm³/mol. The third-order valence-corrected chi connectivity index (χ3v) is 5.09. The molecule has 0 saturated carbocycles. The monoisotopic (exact) mass is 347 g/mol. The van der Waals surface area contributed by atoms with Crippen molar-refractivity contribution in [3.05, 3.63) is 20.3 Å². The third-order valence-electron chi connectivity index (χ3n) is 3.35. The SMILES string of the molecule is COC(C)(C(=O)O)C(=O)N1CCc2sc(Br)cc2C1. The topological polar surface area (TPSA) is 66.8 Å². The molecule has 1 aliphatic heterocycles. The summed E-state index contributed by atoms with van der Waals surface area (Å²) in [5.74, 6) is -1.77. The Balaban J connectivity index is 2.21. The fraction of sp³-hybridized carbons (Fsp3) is 0.500. The van der Waals surface area contributed by atoms with Crippen LogP contribution in [0.2, 0.25) is 0 Å². The number of rotatable bonds is 3. The Morgan fingerprint density at radius 2 is 2.26 bits per heavy atom. The number of halogens is 1. The number of hydrogen-bond acceptors (Lipinski definition) is 4. The molecule has 7 heteroatoms. The maximum absolute atomic E-state index is 12.3. The van der Waals surface area contributed by atoms with E-state index in [1.54, 1.807) is 16.2 Å². The van der Waals surface area contributed by atoms with Crippen molar-refractivity contribution in [2.75, 3.05) is 13.7 Å². The van der Waals surface area contributed by atoms with Crippen LogP contribution in [0.3, 0.4) is 0 Å². The maximum atomic E-state index is 12.3. The lowest BCUT2D eigenvalue weighted by Gasteiger charge is -2.33. The number of methoxy groups -OCH3 is 1. The normalized spacial score (nSPS) is 17.7. The van der Waals surface area contributed by atoms with Gasteiger partial charge in [0, 0.05) is 25.1 Å². The van der Waals surface area contributed by atoms with E-state index in [4.69, 9.17) is 9.84 Å². The maximum Gasteiger partial charge on any atom is 0.345 e. The summed E-state index contributed by atoms with van der Waals surface area (Å²) in [5.41, 5.74) is -0.745. The van der Waals surface area contributed by atoms with Crippen molar-refractivity contribution in [3.63, 3.8) is 0 Å². The molecule has 2 heterocycles. The van der Waals surface area contributed by atoms with E-state index in [-0.39, 0.29) is 0 Å². The lowest BCUT2D eigenvalue weighted by molar-refractivity contribution is -0.173. The van der Waals surface area contributed by atoms with Gasteiger partial charge in [0.05, 0.1) is 3.79 Å². The van der Waals surface area contributed by atoms with E-state index in [0.717, 1.165) is 15.8 Å². The van der Waals surface area contributed by atoms with Crippen molar-refractivity contribution in [2.24, 2.45) is 0 Å². The first-order valence-corrected chi connectivity index (χ1v) is 7.34. The Kier molecular flexibility index (Phi) is 3.98. The smallest absolute Gasteiger partial charge is 0.345 e. The molecule has 1 aliphatic rings. The summed E-state index contributed by atoms with van der Waals surface area (Å²) in [5, 5.41) is 9.16. The summed E-state index contributed by atoms with van der Waals surface area (Å²) >= 11 is 5.08. The van der Waals surface area contributed by atoms with Gasteiger partial charge >= 0.3 is 5.97 Å². The first kappa shape index (κ1) is 14.5. The molecule has 1 N–H and O–H groups in total. The second-order valence-electron chi connectivity index (χ2n) is 4.52. The van der Waals surface area contributed by atoms with Crippen LogP contribution in [-0.2, 0) is 27.3 Å². The second kappa shape index (κ2) is 5.22. The molecule has 5 nitrogen and oxygen atoms in total. The molecule has 0 fully saturated rings. The predicted octanol–water partition coefficient (Wildman–Crippen LogP) is 1.88. The van der Waals surface area contributed by atoms with Crippen LogP contribution in [0.25, 0.3) is 0 Å². The van der Waals surface area contributed by atoms with Crippen molar-refractivity contribution < 1.29 is 19.4 Å². The Morgan fingerprint density at radius 3 is 2.84 bits per heavy atom. The van der Waals surface area contributed by atoms with Crippen molar-refractivity contribution in [1.29, 1.82) is 0 Å². The summed E-state index contributed by atoms with van der Waals surface area (Å²) < 4.78 is 5.94. The fourth-order valence-electron chi connectivity index (χ4n) is 2.04. The molecule has 104 valence electrons. The number of amides is 1. The summed E-state index contributed by atoms with van der Waals surface area (Å²) in [7, 11) is 1.24. The highest BCUT2D eigenvalue weighted by molar-refractivity contribution is 9.11. The summed E-state index contributed by atoms with van der Waals surface area (Å²) in [6.07, 6.45) is 0.747. The number of hydrogen-bond donors (Lipinski definition) is 1. The highest BCUT2D eigenvalue weighted by Crippen LogP contribution is 2.32. The summed E-state index contributed by atoms with van der Waals surface area (Å²) in [6, 6.07) is 1.98. The molecule has 1 atom stereocenters. The molecule has 2 rings (SSSR count).